The van der Waals surface area contributed by atoms with Crippen LogP contribution in [0.2, 0.25) is 0 Å². The molecule has 3 heteroatoms. The molecule has 0 bridgehead atoms. The summed E-state index contributed by atoms with van der Waals surface area (Å²) >= 11 is 1.70. The van der Waals surface area contributed by atoms with Crippen LogP contribution in [0.25, 0.3) is 10.6 Å². The van der Waals surface area contributed by atoms with Crippen molar-refractivity contribution >= 4 is 11.3 Å². The summed E-state index contributed by atoms with van der Waals surface area (Å²) in [6.45, 7) is 6.53. The van der Waals surface area contributed by atoms with Crippen molar-refractivity contribution in [3.05, 3.63) is 69.0 Å². The number of aryl methyl sites for hydroxylation is 3. The molecule has 0 amide bonds. The van der Waals surface area contributed by atoms with Crippen LogP contribution in [-0.4, -0.2) is 10.2 Å². The van der Waals surface area contributed by atoms with E-state index in [1.165, 1.54) is 33.5 Å². The summed E-state index contributed by atoms with van der Waals surface area (Å²) in [6.07, 6.45) is 4.44. The van der Waals surface area contributed by atoms with Crippen LogP contribution in [0.5, 0.6) is 0 Å². The Kier molecular flexibility index (Phi) is 5.41. The summed E-state index contributed by atoms with van der Waals surface area (Å²) in [7, 11) is 0. The predicted molar refractivity (Wildman–Crippen MR) is 102 cm³/mol. The first-order valence-electron chi connectivity index (χ1n) is 8.80. The molecule has 0 spiro atoms. The molecule has 2 nitrogen and oxygen atoms in total. The zero-order valence-electron chi connectivity index (χ0n) is 14.7. The second-order valence-corrected chi connectivity index (χ2v) is 7.09. The summed E-state index contributed by atoms with van der Waals surface area (Å²) in [5, 5.41) is 13.6. The molecule has 0 radical (unpaired) electrons. The lowest BCUT2D eigenvalue weighted by atomic mass is 9.98. The van der Waals surface area contributed by atoms with Crippen molar-refractivity contribution in [2.24, 2.45) is 0 Å². The van der Waals surface area contributed by atoms with E-state index < -0.39 is 0 Å². The second-order valence-electron chi connectivity index (χ2n) is 6.03. The number of hydrogen-bond donors (Lipinski definition) is 0. The molecule has 0 saturated carbocycles. The van der Waals surface area contributed by atoms with E-state index in [2.05, 4.69) is 73.4 Å². The molecule has 4 rings (SSSR count). The number of aromatic nitrogens is 2. The maximum Gasteiger partial charge on any atom is 0.147 e. The van der Waals surface area contributed by atoms with Crippen molar-refractivity contribution in [2.45, 2.75) is 46.5 Å². The Morgan fingerprint density at radius 1 is 0.875 bits per heavy atom. The van der Waals surface area contributed by atoms with E-state index in [0.29, 0.717) is 0 Å². The number of benzene rings is 2. The van der Waals surface area contributed by atoms with Crippen LogP contribution >= 0.6 is 11.3 Å². The van der Waals surface area contributed by atoms with Crippen molar-refractivity contribution in [3.8, 4) is 10.6 Å². The highest BCUT2D eigenvalue weighted by Gasteiger charge is 2.05. The van der Waals surface area contributed by atoms with Crippen LogP contribution in [0.3, 0.4) is 0 Å². The Hall–Kier alpha value is -2.00. The molecule has 2 aliphatic carbocycles. The van der Waals surface area contributed by atoms with Crippen molar-refractivity contribution in [1.29, 1.82) is 0 Å². The number of nitrogens with zero attached hydrogens (tertiary/aromatic N) is 2. The molecule has 2 aromatic rings. The smallest absolute Gasteiger partial charge is 0.143 e. The first-order chi connectivity index (χ1) is 11.7. The van der Waals surface area contributed by atoms with E-state index >= 15 is 0 Å². The molecule has 24 heavy (non-hydrogen) atoms. The average molecular weight is 337 g/mol. The van der Waals surface area contributed by atoms with Gasteiger partial charge in [-0.05, 0) is 40.8 Å². The zero-order valence-corrected chi connectivity index (χ0v) is 15.5. The van der Waals surface area contributed by atoms with Crippen molar-refractivity contribution in [2.75, 3.05) is 0 Å². The van der Waals surface area contributed by atoms with Crippen LogP contribution in [0.1, 0.15) is 43.3 Å². The third kappa shape index (κ3) is 3.57. The monoisotopic (exact) mass is 336 g/mol. The molecule has 0 aliphatic heterocycles. The molecule has 0 saturated heterocycles. The van der Waals surface area contributed by atoms with Gasteiger partial charge in [0, 0.05) is 12.0 Å². The second kappa shape index (κ2) is 7.71. The number of rotatable bonds is 5. The highest BCUT2D eigenvalue weighted by molar-refractivity contribution is 7.14. The summed E-state index contributed by atoms with van der Waals surface area (Å²) in [5.74, 6) is 0. The van der Waals surface area contributed by atoms with Gasteiger partial charge < -0.3 is 0 Å². The van der Waals surface area contributed by atoms with E-state index in [1.54, 1.807) is 11.3 Å². The Morgan fingerprint density at radius 2 is 1.67 bits per heavy atom. The number of hydrogen-bond acceptors (Lipinski definition) is 3. The van der Waals surface area contributed by atoms with Crippen LogP contribution < -0.4 is 0 Å². The van der Waals surface area contributed by atoms with E-state index in [4.69, 9.17) is 0 Å². The summed E-state index contributed by atoms with van der Waals surface area (Å²) in [4.78, 5) is 0. The molecule has 1 heterocycles. The normalized spacial score (nSPS) is 11.0. The molecular weight excluding hydrogens is 312 g/mol. The molecule has 0 atom stereocenters. The standard InChI is InChI=1S/C13H16N2S.C8H8/c1-3-5-12-14-15-13(16-12)11-8-6-10(4-2)7-9-11;1-2-6-5-7-3-4-8(6)7/h6-9H,3-5H2,1-2H3;3-5H,2H2,1H3. The lowest BCUT2D eigenvalue weighted by molar-refractivity contribution is 0.879. The largest absolute Gasteiger partial charge is 0.147 e. The first-order valence-corrected chi connectivity index (χ1v) is 9.61. The van der Waals surface area contributed by atoms with Crippen LogP contribution in [0.4, 0.5) is 0 Å². The minimum Gasteiger partial charge on any atom is -0.143 e. The van der Waals surface area contributed by atoms with Crippen molar-refractivity contribution in [3.63, 3.8) is 0 Å². The summed E-state index contributed by atoms with van der Waals surface area (Å²) < 4.78 is 0. The Balaban J connectivity index is 0.000000175. The Morgan fingerprint density at radius 3 is 2.12 bits per heavy atom. The highest BCUT2D eigenvalue weighted by atomic mass is 32.1. The molecular formula is C21H24N2S. The fourth-order valence-electron chi connectivity index (χ4n) is 2.73. The SMILES string of the molecule is CCCc1nnc(-c2ccc(CC)cc2)s1.CCc1cc2ccc1=2. The zero-order chi connectivity index (χ0) is 16.9. The van der Waals surface area contributed by atoms with Gasteiger partial charge in [0.15, 0.2) is 0 Å². The minimum atomic E-state index is 1.03. The first kappa shape index (κ1) is 16.8. The van der Waals surface area contributed by atoms with Gasteiger partial charge in [0.2, 0.25) is 0 Å². The molecule has 1 aromatic carbocycles. The van der Waals surface area contributed by atoms with Crippen molar-refractivity contribution < 1.29 is 0 Å². The molecule has 0 unspecified atom stereocenters. The third-order valence-electron chi connectivity index (χ3n) is 4.34. The third-order valence-corrected chi connectivity index (χ3v) is 5.37. The van der Waals surface area contributed by atoms with Gasteiger partial charge >= 0.3 is 0 Å². The minimum absolute atomic E-state index is 1.03. The van der Waals surface area contributed by atoms with Gasteiger partial charge in [-0.3, -0.25) is 0 Å². The Bertz CT molecular complexity index is 894. The van der Waals surface area contributed by atoms with Crippen LogP contribution in [-0.2, 0) is 19.3 Å². The average Bonchev–Trinajstić information content (AvgIpc) is 3.07. The van der Waals surface area contributed by atoms with Gasteiger partial charge in [0.05, 0.1) is 0 Å². The van der Waals surface area contributed by atoms with Gasteiger partial charge in [-0.25, -0.2) is 0 Å². The van der Waals surface area contributed by atoms with Gasteiger partial charge in [0.25, 0.3) is 0 Å². The molecule has 124 valence electrons. The topological polar surface area (TPSA) is 25.8 Å². The fourth-order valence-corrected chi connectivity index (χ4v) is 3.68. The van der Waals surface area contributed by atoms with E-state index in [1.807, 2.05) is 0 Å². The highest BCUT2D eigenvalue weighted by Crippen LogP contribution is 2.24. The van der Waals surface area contributed by atoms with Gasteiger partial charge in [-0.1, -0.05) is 74.6 Å². The van der Waals surface area contributed by atoms with Gasteiger partial charge in [-0.15, -0.1) is 10.2 Å². The van der Waals surface area contributed by atoms with E-state index in [9.17, 15) is 0 Å². The van der Waals surface area contributed by atoms with Gasteiger partial charge in [-0.2, -0.15) is 0 Å². The maximum absolute atomic E-state index is 4.23. The molecule has 0 N–H and O–H groups in total. The predicted octanol–water partition coefficient (Wildman–Crippen LogP) is 5.57. The molecule has 1 aromatic heterocycles. The quantitative estimate of drug-likeness (QED) is 0.476. The summed E-state index contributed by atoms with van der Waals surface area (Å²) in [6, 6.07) is 15.2. The molecule has 2 aliphatic rings. The lowest BCUT2D eigenvalue weighted by Gasteiger charge is -2.07. The van der Waals surface area contributed by atoms with Gasteiger partial charge in [0.1, 0.15) is 10.0 Å². The Labute approximate surface area is 147 Å². The van der Waals surface area contributed by atoms with E-state index in [0.717, 1.165) is 29.3 Å². The maximum atomic E-state index is 4.23. The van der Waals surface area contributed by atoms with Crippen LogP contribution in [0.15, 0.2) is 42.5 Å². The molecule has 0 fully saturated rings. The van der Waals surface area contributed by atoms with E-state index in [-0.39, 0.29) is 0 Å². The fraction of sp³-hybridized carbons (Fsp3) is 0.333. The summed E-state index contributed by atoms with van der Waals surface area (Å²) in [5.41, 5.74) is 4.07. The lowest BCUT2D eigenvalue weighted by Crippen LogP contribution is -1.93. The van der Waals surface area contributed by atoms with Crippen molar-refractivity contribution in [1.82, 2.24) is 10.2 Å². The van der Waals surface area contributed by atoms with Crippen LogP contribution in [0, 0.1) is 10.4 Å².